The van der Waals surface area contributed by atoms with E-state index in [1.807, 2.05) is 0 Å². The van der Waals surface area contributed by atoms with E-state index in [1.165, 1.54) is 24.3 Å². The van der Waals surface area contributed by atoms with Crippen LogP contribution in [-0.4, -0.2) is 31.3 Å². The van der Waals surface area contributed by atoms with Crippen LogP contribution in [-0.2, 0) is 9.47 Å². The molecule has 0 atom stereocenters. The molecule has 0 saturated carbocycles. The number of hydrogen-bond acceptors (Lipinski definition) is 4. The van der Waals surface area contributed by atoms with Crippen LogP contribution in [0.1, 0.15) is 53.3 Å². The Bertz CT molecular complexity index is 526. The third-order valence-corrected chi connectivity index (χ3v) is 2.96. The van der Waals surface area contributed by atoms with Crippen LogP contribution in [0, 0.1) is 0 Å². The fraction of sp³-hybridized carbons (Fsp3) is 0.500. The zero-order valence-corrected chi connectivity index (χ0v) is 12.8. The van der Waals surface area contributed by atoms with Crippen molar-refractivity contribution in [3.8, 4) is 0 Å². The van der Waals surface area contributed by atoms with Gasteiger partial charge >= 0.3 is 18.1 Å². The molecular formula is C16H19F3O4. The number of hydrogen-bond donors (Lipinski definition) is 0. The second kappa shape index (κ2) is 9.17. The van der Waals surface area contributed by atoms with Crippen molar-refractivity contribution in [2.45, 2.75) is 38.8 Å². The summed E-state index contributed by atoms with van der Waals surface area (Å²) in [6.45, 7) is 0.547. The van der Waals surface area contributed by atoms with Crippen molar-refractivity contribution in [2.24, 2.45) is 0 Å². The molecule has 1 aromatic rings. The predicted molar refractivity (Wildman–Crippen MR) is 77.2 cm³/mol. The lowest BCUT2D eigenvalue weighted by molar-refractivity contribution is -0.161. The second-order valence-corrected chi connectivity index (χ2v) is 4.93. The van der Waals surface area contributed by atoms with Crippen LogP contribution < -0.4 is 0 Å². The lowest BCUT2D eigenvalue weighted by Gasteiger charge is -2.11. The van der Waals surface area contributed by atoms with E-state index in [0.29, 0.717) is 6.42 Å². The lowest BCUT2D eigenvalue weighted by atomic mass is 10.1. The molecule has 0 amide bonds. The molecular weight excluding hydrogens is 313 g/mol. The maximum atomic E-state index is 12.1. The summed E-state index contributed by atoms with van der Waals surface area (Å²) in [5.41, 5.74) is -0.342. The van der Waals surface area contributed by atoms with Gasteiger partial charge < -0.3 is 9.47 Å². The molecule has 128 valence electrons. The third kappa shape index (κ3) is 7.17. The quantitative estimate of drug-likeness (QED) is 0.530. The van der Waals surface area contributed by atoms with Crippen molar-refractivity contribution >= 4 is 11.9 Å². The molecule has 0 bridgehead atoms. The molecule has 0 heterocycles. The van der Waals surface area contributed by atoms with Gasteiger partial charge in [0.15, 0.2) is 6.61 Å². The molecule has 0 radical (unpaired) electrons. The number of carbonyl (C=O) groups excluding carboxylic acids is 2. The summed E-state index contributed by atoms with van der Waals surface area (Å²) in [6.07, 6.45) is -0.941. The van der Waals surface area contributed by atoms with Crippen molar-refractivity contribution in [1.82, 2.24) is 0 Å². The molecule has 0 unspecified atom stereocenters. The Labute approximate surface area is 132 Å². The van der Waals surface area contributed by atoms with Crippen molar-refractivity contribution in [3.05, 3.63) is 35.4 Å². The highest BCUT2D eigenvalue weighted by Crippen LogP contribution is 2.17. The van der Waals surface area contributed by atoms with Gasteiger partial charge in [0, 0.05) is 0 Å². The Morgan fingerprint density at radius 1 is 0.957 bits per heavy atom. The summed E-state index contributed by atoms with van der Waals surface area (Å²) in [6, 6.07) is 5.47. The third-order valence-electron chi connectivity index (χ3n) is 2.96. The van der Waals surface area contributed by atoms with E-state index in [-0.39, 0.29) is 17.7 Å². The van der Waals surface area contributed by atoms with E-state index >= 15 is 0 Å². The van der Waals surface area contributed by atoms with Gasteiger partial charge in [0.05, 0.1) is 17.7 Å². The maximum absolute atomic E-state index is 12.1. The molecule has 0 N–H and O–H groups in total. The average Bonchev–Trinajstić information content (AvgIpc) is 2.51. The minimum atomic E-state index is -4.62. The Morgan fingerprint density at radius 3 is 2.04 bits per heavy atom. The molecule has 23 heavy (non-hydrogen) atoms. The zero-order valence-electron chi connectivity index (χ0n) is 12.8. The Kier molecular flexibility index (Phi) is 7.57. The van der Waals surface area contributed by atoms with Gasteiger partial charge in [0.1, 0.15) is 0 Å². The SMILES string of the molecule is CCCCCCOC(=O)c1ccccc1C(=O)OCC(F)(F)F. The summed E-state index contributed by atoms with van der Waals surface area (Å²) < 4.78 is 45.5. The van der Waals surface area contributed by atoms with Crippen molar-refractivity contribution < 1.29 is 32.2 Å². The number of alkyl halides is 3. The topological polar surface area (TPSA) is 52.6 Å². The molecule has 0 saturated heterocycles. The highest BCUT2D eigenvalue weighted by atomic mass is 19.4. The summed E-state index contributed by atoms with van der Waals surface area (Å²) in [7, 11) is 0. The molecule has 0 aromatic heterocycles. The fourth-order valence-electron chi connectivity index (χ4n) is 1.84. The molecule has 7 heteroatoms. The van der Waals surface area contributed by atoms with Gasteiger partial charge in [-0.1, -0.05) is 38.3 Å². The second-order valence-electron chi connectivity index (χ2n) is 4.93. The molecule has 0 aliphatic heterocycles. The number of carbonyl (C=O) groups is 2. The fourth-order valence-corrected chi connectivity index (χ4v) is 1.84. The van der Waals surface area contributed by atoms with Crippen LogP contribution >= 0.6 is 0 Å². The summed E-state index contributed by atoms with van der Waals surface area (Å²) in [4.78, 5) is 23.7. The van der Waals surface area contributed by atoms with E-state index in [9.17, 15) is 22.8 Å². The van der Waals surface area contributed by atoms with E-state index in [0.717, 1.165) is 19.3 Å². The first-order chi connectivity index (χ1) is 10.8. The van der Waals surface area contributed by atoms with Crippen molar-refractivity contribution in [2.75, 3.05) is 13.2 Å². The van der Waals surface area contributed by atoms with Gasteiger partial charge in [-0.2, -0.15) is 13.2 Å². The summed E-state index contributed by atoms with van der Waals surface area (Å²) in [5, 5.41) is 0. The van der Waals surface area contributed by atoms with Crippen LogP contribution in [0.3, 0.4) is 0 Å². The van der Waals surface area contributed by atoms with E-state index in [1.54, 1.807) is 0 Å². The minimum Gasteiger partial charge on any atom is -0.462 e. The zero-order chi connectivity index (χ0) is 17.3. The highest BCUT2D eigenvalue weighted by Gasteiger charge is 2.30. The van der Waals surface area contributed by atoms with Gasteiger partial charge in [0.2, 0.25) is 0 Å². The molecule has 0 aliphatic carbocycles. The number of benzene rings is 1. The number of esters is 2. The number of halogens is 3. The molecule has 4 nitrogen and oxygen atoms in total. The van der Waals surface area contributed by atoms with Gasteiger partial charge in [0.25, 0.3) is 0 Å². The van der Waals surface area contributed by atoms with Gasteiger partial charge in [-0.15, -0.1) is 0 Å². The molecule has 1 rings (SSSR count). The Morgan fingerprint density at radius 2 is 1.52 bits per heavy atom. The first-order valence-electron chi connectivity index (χ1n) is 7.35. The number of ether oxygens (including phenoxy) is 2. The Hall–Kier alpha value is -2.05. The normalized spacial score (nSPS) is 11.1. The van der Waals surface area contributed by atoms with Crippen molar-refractivity contribution in [1.29, 1.82) is 0 Å². The molecule has 1 aromatic carbocycles. The first-order valence-corrected chi connectivity index (χ1v) is 7.35. The van der Waals surface area contributed by atoms with Crippen molar-refractivity contribution in [3.63, 3.8) is 0 Å². The monoisotopic (exact) mass is 332 g/mol. The standard InChI is InChI=1S/C16H19F3O4/c1-2-3-4-7-10-22-14(20)12-8-5-6-9-13(12)15(21)23-11-16(17,18)19/h5-6,8-9H,2-4,7,10-11H2,1H3. The molecule has 0 spiro atoms. The van der Waals surface area contributed by atoms with Crippen LogP contribution in [0.4, 0.5) is 13.2 Å². The predicted octanol–water partition coefficient (Wildman–Crippen LogP) is 4.14. The highest BCUT2D eigenvalue weighted by molar-refractivity contribution is 6.03. The minimum absolute atomic E-state index is 0.102. The maximum Gasteiger partial charge on any atom is 0.422 e. The van der Waals surface area contributed by atoms with Gasteiger partial charge in [-0.05, 0) is 18.6 Å². The van der Waals surface area contributed by atoms with Gasteiger partial charge in [-0.3, -0.25) is 0 Å². The smallest absolute Gasteiger partial charge is 0.422 e. The number of unbranched alkanes of at least 4 members (excludes halogenated alkanes) is 3. The molecule has 0 aliphatic rings. The lowest BCUT2D eigenvalue weighted by Crippen LogP contribution is -2.22. The first kappa shape index (κ1) is 19.0. The van der Waals surface area contributed by atoms with Crippen LogP contribution in [0.25, 0.3) is 0 Å². The van der Waals surface area contributed by atoms with E-state index in [4.69, 9.17) is 4.74 Å². The Balaban J connectivity index is 2.65. The summed E-state index contributed by atoms with van der Waals surface area (Å²) in [5.74, 6) is -1.96. The molecule has 0 fully saturated rings. The average molecular weight is 332 g/mol. The van der Waals surface area contributed by atoms with Crippen LogP contribution in [0.2, 0.25) is 0 Å². The van der Waals surface area contributed by atoms with Gasteiger partial charge in [-0.25, -0.2) is 9.59 Å². The number of rotatable bonds is 8. The van der Waals surface area contributed by atoms with E-state index < -0.39 is 24.7 Å². The van der Waals surface area contributed by atoms with Crippen LogP contribution in [0.5, 0.6) is 0 Å². The van der Waals surface area contributed by atoms with E-state index in [2.05, 4.69) is 11.7 Å². The summed E-state index contributed by atoms with van der Waals surface area (Å²) >= 11 is 0. The largest absolute Gasteiger partial charge is 0.462 e. The van der Waals surface area contributed by atoms with Crippen LogP contribution in [0.15, 0.2) is 24.3 Å².